The number of fused-ring (bicyclic) bond motifs is 1. The SMILES string of the molecule is CCCn1c(-c2cnc(Nc3ccc(OC)cc3)nc2)nc2ccc(F)cc21. The fourth-order valence-corrected chi connectivity index (χ4v) is 3.08. The molecule has 0 saturated heterocycles. The number of nitrogens with zero attached hydrogens (tertiary/aromatic N) is 4. The van der Waals surface area contributed by atoms with Crippen LogP contribution in [0.1, 0.15) is 13.3 Å². The Morgan fingerprint density at radius 2 is 1.82 bits per heavy atom. The molecular formula is C21H20FN5O. The Morgan fingerprint density at radius 1 is 1.07 bits per heavy atom. The molecule has 2 aromatic heterocycles. The van der Waals surface area contributed by atoms with Crippen molar-refractivity contribution in [3.8, 4) is 17.1 Å². The second kappa shape index (κ2) is 7.64. The highest BCUT2D eigenvalue weighted by Crippen LogP contribution is 2.26. The number of anilines is 2. The van der Waals surface area contributed by atoms with E-state index in [2.05, 4.69) is 27.2 Å². The van der Waals surface area contributed by atoms with E-state index < -0.39 is 0 Å². The number of imidazole rings is 1. The first-order chi connectivity index (χ1) is 13.7. The summed E-state index contributed by atoms with van der Waals surface area (Å²) < 4.78 is 20.9. The molecule has 6 nitrogen and oxygen atoms in total. The van der Waals surface area contributed by atoms with Gasteiger partial charge in [-0.15, -0.1) is 0 Å². The molecule has 0 unspecified atom stereocenters. The van der Waals surface area contributed by atoms with Crippen LogP contribution in [0.5, 0.6) is 5.75 Å². The van der Waals surface area contributed by atoms with Crippen molar-refractivity contribution in [3.63, 3.8) is 0 Å². The van der Waals surface area contributed by atoms with Crippen LogP contribution in [0.15, 0.2) is 54.9 Å². The number of hydrogen-bond acceptors (Lipinski definition) is 5. The number of ether oxygens (including phenoxy) is 1. The Bertz CT molecular complexity index is 1090. The second-order valence-corrected chi connectivity index (χ2v) is 6.37. The van der Waals surface area contributed by atoms with Crippen molar-refractivity contribution in [2.24, 2.45) is 0 Å². The molecule has 0 atom stereocenters. The first-order valence-electron chi connectivity index (χ1n) is 9.07. The van der Waals surface area contributed by atoms with Gasteiger partial charge in [-0.25, -0.2) is 19.3 Å². The van der Waals surface area contributed by atoms with E-state index in [0.29, 0.717) is 5.95 Å². The minimum atomic E-state index is -0.272. The van der Waals surface area contributed by atoms with E-state index in [0.717, 1.165) is 46.8 Å². The average Bonchev–Trinajstić information content (AvgIpc) is 3.07. The Balaban J connectivity index is 1.63. The summed E-state index contributed by atoms with van der Waals surface area (Å²) in [5.74, 6) is 1.73. The highest BCUT2D eigenvalue weighted by Gasteiger charge is 2.14. The summed E-state index contributed by atoms with van der Waals surface area (Å²) in [6.07, 6.45) is 4.36. The van der Waals surface area contributed by atoms with Crippen LogP contribution in [0.3, 0.4) is 0 Å². The van der Waals surface area contributed by atoms with E-state index in [4.69, 9.17) is 4.74 Å². The Hall–Kier alpha value is -3.48. The highest BCUT2D eigenvalue weighted by molar-refractivity contribution is 5.80. The van der Waals surface area contributed by atoms with Crippen LogP contribution in [-0.2, 0) is 6.54 Å². The maximum absolute atomic E-state index is 13.7. The summed E-state index contributed by atoms with van der Waals surface area (Å²) in [5, 5.41) is 3.15. The van der Waals surface area contributed by atoms with Gasteiger partial charge in [0.2, 0.25) is 5.95 Å². The topological polar surface area (TPSA) is 64.9 Å². The van der Waals surface area contributed by atoms with Crippen molar-refractivity contribution in [2.45, 2.75) is 19.9 Å². The maximum atomic E-state index is 13.7. The molecule has 4 aromatic rings. The number of benzene rings is 2. The molecule has 2 heterocycles. The minimum Gasteiger partial charge on any atom is -0.497 e. The first kappa shape index (κ1) is 17.9. The lowest BCUT2D eigenvalue weighted by atomic mass is 10.3. The molecule has 2 aromatic carbocycles. The first-order valence-corrected chi connectivity index (χ1v) is 9.07. The van der Waals surface area contributed by atoms with Crippen molar-refractivity contribution >= 4 is 22.7 Å². The highest BCUT2D eigenvalue weighted by atomic mass is 19.1. The molecule has 28 heavy (non-hydrogen) atoms. The molecule has 1 N–H and O–H groups in total. The van der Waals surface area contributed by atoms with Crippen molar-refractivity contribution in [3.05, 3.63) is 60.7 Å². The summed E-state index contributed by atoms with van der Waals surface area (Å²) in [5.41, 5.74) is 3.18. The van der Waals surface area contributed by atoms with E-state index in [1.807, 2.05) is 28.8 Å². The molecule has 4 rings (SSSR count). The number of halogens is 1. The fourth-order valence-electron chi connectivity index (χ4n) is 3.08. The third kappa shape index (κ3) is 3.51. The molecule has 0 amide bonds. The Morgan fingerprint density at radius 3 is 2.50 bits per heavy atom. The Labute approximate surface area is 162 Å². The van der Waals surface area contributed by atoms with Crippen LogP contribution < -0.4 is 10.1 Å². The van der Waals surface area contributed by atoms with Gasteiger partial charge < -0.3 is 14.6 Å². The maximum Gasteiger partial charge on any atom is 0.227 e. The van der Waals surface area contributed by atoms with Crippen LogP contribution in [-0.4, -0.2) is 26.6 Å². The molecule has 0 fully saturated rings. The van der Waals surface area contributed by atoms with E-state index in [1.165, 1.54) is 12.1 Å². The average molecular weight is 377 g/mol. The molecule has 7 heteroatoms. The third-order valence-corrected chi connectivity index (χ3v) is 4.41. The van der Waals surface area contributed by atoms with E-state index in [9.17, 15) is 4.39 Å². The number of nitrogens with one attached hydrogen (secondary N) is 1. The quantitative estimate of drug-likeness (QED) is 0.523. The van der Waals surface area contributed by atoms with Crippen LogP contribution in [0.4, 0.5) is 16.0 Å². The molecule has 0 saturated carbocycles. The number of aryl methyl sites for hydroxylation is 1. The van der Waals surface area contributed by atoms with Gasteiger partial charge in [0.25, 0.3) is 0 Å². The van der Waals surface area contributed by atoms with Gasteiger partial charge in [0.15, 0.2) is 0 Å². The van der Waals surface area contributed by atoms with Gasteiger partial charge in [0, 0.05) is 24.6 Å². The third-order valence-electron chi connectivity index (χ3n) is 4.41. The van der Waals surface area contributed by atoms with Gasteiger partial charge in [-0.2, -0.15) is 0 Å². The lowest BCUT2D eigenvalue weighted by Crippen LogP contribution is -2.02. The lowest BCUT2D eigenvalue weighted by Gasteiger charge is -2.09. The van der Waals surface area contributed by atoms with Crippen molar-refractivity contribution in [1.29, 1.82) is 0 Å². The number of methoxy groups -OCH3 is 1. The van der Waals surface area contributed by atoms with Gasteiger partial charge in [0.05, 0.1) is 23.7 Å². The zero-order valence-corrected chi connectivity index (χ0v) is 15.7. The predicted octanol–water partition coefficient (Wildman–Crippen LogP) is 4.79. The second-order valence-electron chi connectivity index (χ2n) is 6.37. The van der Waals surface area contributed by atoms with Gasteiger partial charge in [0.1, 0.15) is 17.4 Å². The Kier molecular flexibility index (Phi) is 4.89. The standard InChI is InChI=1S/C21H20FN5O/c1-3-10-27-19-11-15(22)4-9-18(19)26-20(27)14-12-23-21(24-13-14)25-16-5-7-17(28-2)8-6-16/h4-9,11-13H,3,10H2,1-2H3,(H,23,24,25). The van der Waals surface area contributed by atoms with Gasteiger partial charge >= 0.3 is 0 Å². The van der Waals surface area contributed by atoms with Crippen LogP contribution >= 0.6 is 0 Å². The summed E-state index contributed by atoms with van der Waals surface area (Å²) in [7, 11) is 1.63. The monoisotopic (exact) mass is 377 g/mol. The van der Waals surface area contributed by atoms with E-state index >= 15 is 0 Å². The summed E-state index contributed by atoms with van der Waals surface area (Å²) >= 11 is 0. The molecule has 0 aliphatic rings. The normalized spacial score (nSPS) is 11.0. The summed E-state index contributed by atoms with van der Waals surface area (Å²) in [6.45, 7) is 2.81. The van der Waals surface area contributed by atoms with Crippen LogP contribution in [0, 0.1) is 5.82 Å². The lowest BCUT2D eigenvalue weighted by molar-refractivity contribution is 0.415. The van der Waals surface area contributed by atoms with Crippen molar-refractivity contribution in [2.75, 3.05) is 12.4 Å². The zero-order valence-electron chi connectivity index (χ0n) is 15.7. The zero-order chi connectivity index (χ0) is 19.5. The summed E-state index contributed by atoms with van der Waals surface area (Å²) in [6, 6.07) is 12.2. The summed E-state index contributed by atoms with van der Waals surface area (Å²) in [4.78, 5) is 13.5. The molecule has 142 valence electrons. The van der Waals surface area contributed by atoms with E-state index in [-0.39, 0.29) is 5.82 Å². The molecule has 0 aliphatic heterocycles. The van der Waals surface area contributed by atoms with Gasteiger partial charge in [-0.1, -0.05) is 6.92 Å². The number of aromatic nitrogens is 4. The van der Waals surface area contributed by atoms with Crippen molar-refractivity contribution < 1.29 is 9.13 Å². The number of rotatable bonds is 6. The van der Waals surface area contributed by atoms with Crippen LogP contribution in [0.25, 0.3) is 22.4 Å². The predicted molar refractivity (Wildman–Crippen MR) is 107 cm³/mol. The van der Waals surface area contributed by atoms with Crippen molar-refractivity contribution in [1.82, 2.24) is 19.5 Å². The minimum absolute atomic E-state index is 0.272. The fraction of sp³-hybridized carbons (Fsp3) is 0.190. The molecule has 0 bridgehead atoms. The number of hydrogen-bond donors (Lipinski definition) is 1. The molecule has 0 aliphatic carbocycles. The smallest absolute Gasteiger partial charge is 0.227 e. The van der Waals surface area contributed by atoms with Gasteiger partial charge in [-0.3, -0.25) is 0 Å². The van der Waals surface area contributed by atoms with Crippen LogP contribution in [0.2, 0.25) is 0 Å². The van der Waals surface area contributed by atoms with E-state index in [1.54, 1.807) is 25.6 Å². The van der Waals surface area contributed by atoms with Gasteiger partial charge in [-0.05, 0) is 48.9 Å². The molecule has 0 radical (unpaired) electrons. The molecular weight excluding hydrogens is 357 g/mol. The molecule has 0 spiro atoms. The largest absolute Gasteiger partial charge is 0.497 e.